The third kappa shape index (κ3) is 4.31. The van der Waals surface area contributed by atoms with Crippen molar-refractivity contribution < 1.29 is 9.84 Å². The molecule has 16 heavy (non-hydrogen) atoms. The number of aliphatic hydroxyl groups excluding tert-OH is 1. The SMILES string of the molecule is CCc1cccc(C(O)CNCCOC)c1. The molecule has 0 saturated carbocycles. The molecule has 0 aromatic heterocycles. The highest BCUT2D eigenvalue weighted by Crippen LogP contribution is 2.14. The number of nitrogens with one attached hydrogen (secondary N) is 1. The second kappa shape index (κ2) is 7.39. The highest BCUT2D eigenvalue weighted by molar-refractivity contribution is 5.25. The summed E-state index contributed by atoms with van der Waals surface area (Å²) in [6, 6.07) is 8.09. The summed E-state index contributed by atoms with van der Waals surface area (Å²) in [7, 11) is 1.67. The number of aryl methyl sites for hydroxylation is 1. The van der Waals surface area contributed by atoms with E-state index in [0.29, 0.717) is 13.2 Å². The van der Waals surface area contributed by atoms with Gasteiger partial charge in [-0.05, 0) is 17.5 Å². The minimum Gasteiger partial charge on any atom is -0.387 e. The van der Waals surface area contributed by atoms with E-state index in [-0.39, 0.29) is 0 Å². The fourth-order valence-corrected chi connectivity index (χ4v) is 1.55. The monoisotopic (exact) mass is 223 g/mol. The average molecular weight is 223 g/mol. The molecule has 1 atom stereocenters. The van der Waals surface area contributed by atoms with Gasteiger partial charge in [-0.1, -0.05) is 31.2 Å². The molecular formula is C13H21NO2. The van der Waals surface area contributed by atoms with E-state index >= 15 is 0 Å². The highest BCUT2D eigenvalue weighted by atomic mass is 16.5. The van der Waals surface area contributed by atoms with Crippen LogP contribution in [0, 0.1) is 0 Å². The molecular weight excluding hydrogens is 202 g/mol. The molecule has 0 radical (unpaired) electrons. The lowest BCUT2D eigenvalue weighted by Crippen LogP contribution is -2.25. The summed E-state index contributed by atoms with van der Waals surface area (Å²) < 4.78 is 4.92. The molecule has 0 bridgehead atoms. The summed E-state index contributed by atoms with van der Waals surface area (Å²) in [6.07, 6.45) is 0.556. The van der Waals surface area contributed by atoms with Crippen molar-refractivity contribution in [2.24, 2.45) is 0 Å². The first-order valence-electron chi connectivity index (χ1n) is 5.74. The van der Waals surface area contributed by atoms with E-state index in [2.05, 4.69) is 24.4 Å². The van der Waals surface area contributed by atoms with E-state index in [9.17, 15) is 5.11 Å². The van der Waals surface area contributed by atoms with Crippen LogP contribution in [0.2, 0.25) is 0 Å². The zero-order chi connectivity index (χ0) is 11.8. The molecule has 0 fully saturated rings. The maximum atomic E-state index is 9.94. The van der Waals surface area contributed by atoms with Gasteiger partial charge in [0, 0.05) is 20.2 Å². The molecule has 0 aliphatic heterocycles. The molecule has 0 saturated heterocycles. The molecule has 90 valence electrons. The minimum absolute atomic E-state index is 0.441. The largest absolute Gasteiger partial charge is 0.387 e. The summed E-state index contributed by atoms with van der Waals surface area (Å²) in [5, 5.41) is 13.1. The van der Waals surface area contributed by atoms with Crippen molar-refractivity contribution in [3.8, 4) is 0 Å². The van der Waals surface area contributed by atoms with Crippen LogP contribution in [-0.2, 0) is 11.2 Å². The Morgan fingerprint density at radius 3 is 2.94 bits per heavy atom. The summed E-state index contributed by atoms with van der Waals surface area (Å²) >= 11 is 0. The maximum Gasteiger partial charge on any atom is 0.0914 e. The standard InChI is InChI=1S/C13H21NO2/c1-3-11-5-4-6-12(9-11)13(15)10-14-7-8-16-2/h4-6,9,13-15H,3,7-8,10H2,1-2H3. The van der Waals surface area contributed by atoms with Crippen LogP contribution in [0.4, 0.5) is 0 Å². The highest BCUT2D eigenvalue weighted by Gasteiger charge is 2.06. The van der Waals surface area contributed by atoms with Crippen molar-refractivity contribution in [3.63, 3.8) is 0 Å². The van der Waals surface area contributed by atoms with Gasteiger partial charge in [0.1, 0.15) is 0 Å². The Balaban J connectivity index is 2.42. The van der Waals surface area contributed by atoms with E-state index in [1.165, 1.54) is 5.56 Å². The molecule has 0 aliphatic carbocycles. The van der Waals surface area contributed by atoms with E-state index in [1.807, 2.05) is 12.1 Å². The number of aliphatic hydroxyl groups is 1. The summed E-state index contributed by atoms with van der Waals surface area (Å²) in [6.45, 7) is 4.11. The Hall–Kier alpha value is -0.900. The Morgan fingerprint density at radius 2 is 2.25 bits per heavy atom. The molecule has 0 spiro atoms. The minimum atomic E-state index is -0.441. The van der Waals surface area contributed by atoms with Gasteiger partial charge < -0.3 is 15.2 Å². The quantitative estimate of drug-likeness (QED) is 0.689. The summed E-state index contributed by atoms with van der Waals surface area (Å²) in [4.78, 5) is 0. The van der Waals surface area contributed by atoms with Crippen LogP contribution in [0.1, 0.15) is 24.2 Å². The van der Waals surface area contributed by atoms with Gasteiger partial charge in [-0.2, -0.15) is 0 Å². The van der Waals surface area contributed by atoms with Gasteiger partial charge in [-0.15, -0.1) is 0 Å². The number of benzene rings is 1. The fraction of sp³-hybridized carbons (Fsp3) is 0.538. The van der Waals surface area contributed by atoms with E-state index in [0.717, 1.165) is 18.5 Å². The van der Waals surface area contributed by atoms with E-state index in [4.69, 9.17) is 4.74 Å². The van der Waals surface area contributed by atoms with Crippen LogP contribution in [0.25, 0.3) is 0 Å². The second-order valence-corrected chi connectivity index (χ2v) is 3.81. The first kappa shape index (κ1) is 13.2. The predicted octanol–water partition coefficient (Wildman–Crippen LogP) is 1.52. The summed E-state index contributed by atoms with van der Waals surface area (Å²) in [5.41, 5.74) is 2.23. The van der Waals surface area contributed by atoms with Crippen LogP contribution < -0.4 is 5.32 Å². The van der Waals surface area contributed by atoms with Crippen LogP contribution in [0.15, 0.2) is 24.3 Å². The van der Waals surface area contributed by atoms with Gasteiger partial charge in [0.05, 0.1) is 12.7 Å². The molecule has 1 aromatic carbocycles. The topological polar surface area (TPSA) is 41.5 Å². The lowest BCUT2D eigenvalue weighted by Gasteiger charge is -2.13. The Morgan fingerprint density at radius 1 is 1.44 bits per heavy atom. The zero-order valence-electron chi connectivity index (χ0n) is 10.1. The second-order valence-electron chi connectivity index (χ2n) is 3.81. The molecule has 0 aliphatic rings. The van der Waals surface area contributed by atoms with Crippen molar-refractivity contribution in [1.29, 1.82) is 0 Å². The molecule has 3 nitrogen and oxygen atoms in total. The van der Waals surface area contributed by atoms with Crippen LogP contribution in [0.5, 0.6) is 0 Å². The fourth-order valence-electron chi connectivity index (χ4n) is 1.55. The molecule has 1 aromatic rings. The molecule has 0 heterocycles. The Labute approximate surface area is 97.4 Å². The van der Waals surface area contributed by atoms with E-state index in [1.54, 1.807) is 7.11 Å². The molecule has 1 rings (SSSR count). The van der Waals surface area contributed by atoms with Gasteiger partial charge in [0.15, 0.2) is 0 Å². The van der Waals surface area contributed by atoms with Crippen LogP contribution in [-0.4, -0.2) is 31.9 Å². The van der Waals surface area contributed by atoms with Gasteiger partial charge in [0.25, 0.3) is 0 Å². The smallest absolute Gasteiger partial charge is 0.0914 e. The number of hydrogen-bond acceptors (Lipinski definition) is 3. The van der Waals surface area contributed by atoms with Crippen molar-refractivity contribution >= 4 is 0 Å². The molecule has 0 amide bonds. The van der Waals surface area contributed by atoms with Crippen molar-refractivity contribution in [2.45, 2.75) is 19.4 Å². The first-order valence-corrected chi connectivity index (χ1v) is 5.74. The van der Waals surface area contributed by atoms with Crippen molar-refractivity contribution in [1.82, 2.24) is 5.32 Å². The number of hydrogen-bond donors (Lipinski definition) is 2. The molecule has 1 unspecified atom stereocenters. The Bertz CT molecular complexity index is 302. The number of rotatable bonds is 7. The first-order chi connectivity index (χ1) is 7.77. The lowest BCUT2D eigenvalue weighted by molar-refractivity contribution is 0.161. The predicted molar refractivity (Wildman–Crippen MR) is 65.5 cm³/mol. The van der Waals surface area contributed by atoms with Crippen molar-refractivity contribution in [2.75, 3.05) is 26.8 Å². The maximum absolute atomic E-state index is 9.94. The van der Waals surface area contributed by atoms with Gasteiger partial charge in [0.2, 0.25) is 0 Å². The third-order valence-electron chi connectivity index (χ3n) is 2.56. The summed E-state index contributed by atoms with van der Waals surface area (Å²) in [5.74, 6) is 0. The normalized spacial score (nSPS) is 12.7. The van der Waals surface area contributed by atoms with Crippen LogP contribution >= 0.6 is 0 Å². The number of ether oxygens (including phenoxy) is 1. The Kier molecular flexibility index (Phi) is 6.08. The van der Waals surface area contributed by atoms with Gasteiger partial charge in [-0.25, -0.2) is 0 Å². The average Bonchev–Trinajstić information content (AvgIpc) is 2.34. The van der Waals surface area contributed by atoms with E-state index < -0.39 is 6.10 Å². The number of methoxy groups -OCH3 is 1. The third-order valence-corrected chi connectivity index (χ3v) is 2.56. The molecule has 2 N–H and O–H groups in total. The van der Waals surface area contributed by atoms with Crippen molar-refractivity contribution in [3.05, 3.63) is 35.4 Å². The zero-order valence-corrected chi connectivity index (χ0v) is 10.1. The van der Waals surface area contributed by atoms with Gasteiger partial charge >= 0.3 is 0 Å². The molecule has 3 heteroatoms. The van der Waals surface area contributed by atoms with Gasteiger partial charge in [-0.3, -0.25) is 0 Å². The van der Waals surface area contributed by atoms with Crippen LogP contribution in [0.3, 0.4) is 0 Å². The lowest BCUT2D eigenvalue weighted by atomic mass is 10.0.